The van der Waals surface area contributed by atoms with Crippen LogP contribution < -0.4 is 0 Å². The van der Waals surface area contributed by atoms with Crippen LogP contribution in [0, 0.1) is 0 Å². The van der Waals surface area contributed by atoms with Crippen molar-refractivity contribution in [2.24, 2.45) is 0 Å². The lowest BCUT2D eigenvalue weighted by molar-refractivity contribution is 0.0747. The molecular formula is C30H56N4. The minimum Gasteiger partial charge on any atom is -0.353 e. The summed E-state index contributed by atoms with van der Waals surface area (Å²) in [5, 5.41) is 0. The standard InChI is InChI=1S/C30H56N4/c1-7-9-21-31-23-29(17-13-11-14-18-29)33(25(3)4)27(31)28-32(22-10-8-2)24-30(34(28)26(5)6)19-15-12-16-20-30/h25-26H,7-24H2,1-6H3/b28-27-. The highest BCUT2D eigenvalue weighted by Gasteiger charge is 2.55. The third kappa shape index (κ3) is 4.69. The first-order valence-electron chi connectivity index (χ1n) is 15.2. The van der Waals surface area contributed by atoms with Gasteiger partial charge in [0.05, 0.1) is 11.1 Å². The van der Waals surface area contributed by atoms with E-state index < -0.39 is 0 Å². The number of nitrogens with zero attached hydrogens (tertiary/aromatic N) is 4. The van der Waals surface area contributed by atoms with Crippen molar-refractivity contribution in [3.63, 3.8) is 0 Å². The molecule has 0 aromatic rings. The largest absolute Gasteiger partial charge is 0.353 e. The monoisotopic (exact) mass is 472 g/mol. The van der Waals surface area contributed by atoms with Gasteiger partial charge in [0.15, 0.2) is 0 Å². The Balaban J connectivity index is 1.87. The van der Waals surface area contributed by atoms with Crippen LogP contribution in [0.2, 0.25) is 0 Å². The first kappa shape index (κ1) is 26.0. The molecule has 0 amide bonds. The first-order chi connectivity index (χ1) is 16.4. The maximum absolute atomic E-state index is 2.97. The van der Waals surface area contributed by atoms with Gasteiger partial charge in [0.2, 0.25) is 0 Å². The molecule has 4 fully saturated rings. The molecule has 0 atom stereocenters. The normalized spacial score (nSPS) is 26.8. The summed E-state index contributed by atoms with van der Waals surface area (Å²) in [6.45, 7) is 19.6. The second-order valence-electron chi connectivity index (χ2n) is 12.7. The Labute approximate surface area is 212 Å². The lowest BCUT2D eigenvalue weighted by Gasteiger charge is -2.47. The zero-order chi connectivity index (χ0) is 24.3. The molecule has 4 rings (SSSR count). The van der Waals surface area contributed by atoms with Crippen LogP contribution in [0.15, 0.2) is 11.6 Å². The number of hydrogen-bond acceptors (Lipinski definition) is 4. The molecule has 34 heavy (non-hydrogen) atoms. The van der Waals surface area contributed by atoms with Gasteiger partial charge in [0.1, 0.15) is 11.6 Å². The molecule has 2 saturated heterocycles. The lowest BCUT2D eigenvalue weighted by Crippen LogP contribution is -2.52. The predicted molar refractivity (Wildman–Crippen MR) is 146 cm³/mol. The zero-order valence-corrected chi connectivity index (χ0v) is 23.7. The van der Waals surface area contributed by atoms with E-state index in [4.69, 9.17) is 0 Å². The minimum atomic E-state index is 0.351. The van der Waals surface area contributed by atoms with Gasteiger partial charge in [-0.15, -0.1) is 0 Å². The SMILES string of the molecule is CCCCN1CC2(CCCCC2)N(C(C)C)/C1=C1/N(CCCC)CC2(CCCCC2)N1C(C)C. The maximum atomic E-state index is 2.97. The molecule has 2 spiro atoms. The van der Waals surface area contributed by atoms with Crippen LogP contribution in [-0.2, 0) is 0 Å². The average Bonchev–Trinajstić information content (AvgIpc) is 3.29. The van der Waals surface area contributed by atoms with Crippen molar-refractivity contribution in [1.29, 1.82) is 0 Å². The van der Waals surface area contributed by atoms with E-state index in [0.717, 1.165) is 0 Å². The van der Waals surface area contributed by atoms with Gasteiger partial charge >= 0.3 is 0 Å². The van der Waals surface area contributed by atoms with Gasteiger partial charge < -0.3 is 19.6 Å². The Morgan fingerprint density at radius 2 is 0.941 bits per heavy atom. The molecule has 2 heterocycles. The van der Waals surface area contributed by atoms with Gasteiger partial charge in [0.25, 0.3) is 0 Å². The van der Waals surface area contributed by atoms with Crippen molar-refractivity contribution >= 4 is 0 Å². The van der Waals surface area contributed by atoms with Crippen molar-refractivity contribution in [3.05, 3.63) is 11.6 Å². The molecule has 0 bridgehead atoms. The number of rotatable bonds is 8. The molecule has 4 aliphatic rings. The van der Waals surface area contributed by atoms with Crippen molar-refractivity contribution in [2.45, 2.75) is 155 Å². The van der Waals surface area contributed by atoms with Gasteiger partial charge in [-0.05, 0) is 66.2 Å². The van der Waals surface area contributed by atoms with E-state index in [9.17, 15) is 0 Å². The van der Waals surface area contributed by atoms with E-state index >= 15 is 0 Å². The summed E-state index contributed by atoms with van der Waals surface area (Å²) in [5.74, 6) is 3.25. The average molecular weight is 473 g/mol. The fourth-order valence-corrected chi connectivity index (χ4v) is 8.14. The van der Waals surface area contributed by atoms with Crippen molar-refractivity contribution in [1.82, 2.24) is 19.6 Å². The highest BCUT2D eigenvalue weighted by molar-refractivity contribution is 5.28. The van der Waals surface area contributed by atoms with E-state index in [2.05, 4.69) is 61.1 Å². The van der Waals surface area contributed by atoms with E-state index in [-0.39, 0.29) is 0 Å². The van der Waals surface area contributed by atoms with E-state index in [1.165, 1.54) is 116 Å². The third-order valence-corrected chi connectivity index (χ3v) is 9.41. The summed E-state index contributed by atoms with van der Waals surface area (Å²) in [5.41, 5.74) is 0.702. The summed E-state index contributed by atoms with van der Waals surface area (Å²) < 4.78 is 0. The van der Waals surface area contributed by atoms with Crippen LogP contribution in [-0.4, -0.2) is 68.9 Å². The molecule has 4 heteroatoms. The maximum Gasteiger partial charge on any atom is 0.147 e. The molecule has 2 aliphatic carbocycles. The summed E-state index contributed by atoms with van der Waals surface area (Å²) >= 11 is 0. The highest BCUT2D eigenvalue weighted by Crippen LogP contribution is 2.50. The smallest absolute Gasteiger partial charge is 0.147 e. The fraction of sp³-hybridized carbons (Fsp3) is 0.933. The van der Waals surface area contributed by atoms with Gasteiger partial charge in [0, 0.05) is 38.3 Å². The second-order valence-corrected chi connectivity index (χ2v) is 12.7. The van der Waals surface area contributed by atoms with E-state index in [1.54, 1.807) is 11.6 Å². The molecule has 0 radical (unpaired) electrons. The molecule has 0 unspecified atom stereocenters. The van der Waals surface area contributed by atoms with Gasteiger partial charge in [-0.1, -0.05) is 65.2 Å². The number of unbranched alkanes of at least 4 members (excludes halogenated alkanes) is 2. The summed E-state index contributed by atoms with van der Waals surface area (Å²) in [6, 6.07) is 1.11. The summed E-state index contributed by atoms with van der Waals surface area (Å²) in [6.07, 6.45) is 19.2. The first-order valence-corrected chi connectivity index (χ1v) is 15.2. The highest BCUT2D eigenvalue weighted by atomic mass is 15.5. The molecule has 4 nitrogen and oxygen atoms in total. The molecular weight excluding hydrogens is 416 g/mol. The molecule has 2 aliphatic heterocycles. The lowest BCUT2D eigenvalue weighted by atomic mass is 9.80. The molecule has 0 aromatic heterocycles. The second kappa shape index (κ2) is 10.9. The van der Waals surface area contributed by atoms with Gasteiger partial charge in [-0.3, -0.25) is 0 Å². The molecule has 2 saturated carbocycles. The topological polar surface area (TPSA) is 13.0 Å². The molecule has 0 N–H and O–H groups in total. The van der Waals surface area contributed by atoms with Crippen LogP contribution in [0.3, 0.4) is 0 Å². The summed E-state index contributed by atoms with van der Waals surface area (Å²) in [7, 11) is 0. The van der Waals surface area contributed by atoms with Crippen molar-refractivity contribution in [3.8, 4) is 0 Å². The summed E-state index contributed by atoms with van der Waals surface area (Å²) in [4.78, 5) is 11.7. The Morgan fingerprint density at radius 3 is 1.24 bits per heavy atom. The van der Waals surface area contributed by atoms with E-state index in [1.807, 2.05) is 0 Å². The molecule has 196 valence electrons. The third-order valence-electron chi connectivity index (χ3n) is 9.41. The Bertz CT molecular complexity index is 626. The van der Waals surface area contributed by atoms with Crippen molar-refractivity contribution in [2.75, 3.05) is 26.2 Å². The minimum absolute atomic E-state index is 0.351. The van der Waals surface area contributed by atoms with Crippen LogP contribution in [0.5, 0.6) is 0 Å². The fourth-order valence-electron chi connectivity index (χ4n) is 8.14. The van der Waals surface area contributed by atoms with Crippen LogP contribution in [0.4, 0.5) is 0 Å². The predicted octanol–water partition coefficient (Wildman–Crippen LogP) is 7.17. The van der Waals surface area contributed by atoms with Crippen LogP contribution in [0.1, 0.15) is 131 Å². The molecule has 0 aromatic carbocycles. The van der Waals surface area contributed by atoms with Gasteiger partial charge in [-0.2, -0.15) is 0 Å². The zero-order valence-electron chi connectivity index (χ0n) is 23.7. The Morgan fingerprint density at radius 1 is 0.588 bits per heavy atom. The quantitative estimate of drug-likeness (QED) is 0.371. The van der Waals surface area contributed by atoms with Gasteiger partial charge in [-0.25, -0.2) is 0 Å². The van der Waals surface area contributed by atoms with Crippen LogP contribution in [0.25, 0.3) is 0 Å². The van der Waals surface area contributed by atoms with Crippen molar-refractivity contribution < 1.29 is 0 Å². The Kier molecular flexibility index (Phi) is 8.35. The number of hydrogen-bond donors (Lipinski definition) is 0. The Hall–Kier alpha value is -1.06. The van der Waals surface area contributed by atoms with E-state index in [0.29, 0.717) is 23.2 Å². The van der Waals surface area contributed by atoms with Crippen LogP contribution >= 0.6 is 0 Å².